The summed E-state index contributed by atoms with van der Waals surface area (Å²) < 4.78 is 4.90. The maximum Gasteiger partial charge on any atom is 0.414 e. The number of aliphatic carboxylic acids is 1. The summed E-state index contributed by atoms with van der Waals surface area (Å²) in [6.07, 6.45) is -1.47. The Bertz CT molecular complexity index is 459. The summed E-state index contributed by atoms with van der Waals surface area (Å²) >= 11 is 0. The van der Waals surface area contributed by atoms with Gasteiger partial charge >= 0.3 is 12.1 Å². The van der Waals surface area contributed by atoms with Gasteiger partial charge in [0.1, 0.15) is 11.9 Å². The Labute approximate surface area is 97.0 Å². The number of hydrogen-bond donors (Lipinski definition) is 2. The van der Waals surface area contributed by atoms with Crippen LogP contribution < -0.4 is 4.90 Å². The Balaban J connectivity index is 2.13. The van der Waals surface area contributed by atoms with Crippen LogP contribution in [0.4, 0.5) is 10.5 Å². The second kappa shape index (κ2) is 4.32. The van der Waals surface area contributed by atoms with E-state index >= 15 is 0 Å². The molecule has 1 aromatic rings. The van der Waals surface area contributed by atoms with Crippen molar-refractivity contribution in [3.05, 3.63) is 24.3 Å². The van der Waals surface area contributed by atoms with Crippen LogP contribution in [-0.4, -0.2) is 34.9 Å². The van der Waals surface area contributed by atoms with Crippen molar-refractivity contribution in [3.63, 3.8) is 0 Å². The third-order valence-corrected chi connectivity index (χ3v) is 2.42. The van der Waals surface area contributed by atoms with Crippen molar-refractivity contribution >= 4 is 17.7 Å². The van der Waals surface area contributed by atoms with Crippen LogP contribution in [0.2, 0.25) is 0 Å². The van der Waals surface area contributed by atoms with E-state index in [-0.39, 0.29) is 18.7 Å². The number of benzene rings is 1. The topological polar surface area (TPSA) is 87.1 Å². The summed E-state index contributed by atoms with van der Waals surface area (Å²) in [7, 11) is 0. The molecule has 1 fully saturated rings. The fraction of sp³-hybridized carbons (Fsp3) is 0.273. The molecule has 0 aromatic heterocycles. The van der Waals surface area contributed by atoms with Gasteiger partial charge in [0.2, 0.25) is 0 Å². The minimum atomic E-state index is -1.01. The molecule has 1 heterocycles. The number of carboxylic acids is 1. The highest BCUT2D eigenvalue weighted by Gasteiger charge is 2.33. The van der Waals surface area contributed by atoms with Crippen LogP contribution in [0.15, 0.2) is 24.3 Å². The van der Waals surface area contributed by atoms with Crippen molar-refractivity contribution in [1.29, 1.82) is 0 Å². The molecule has 6 heteroatoms. The molecule has 1 aliphatic heterocycles. The smallest absolute Gasteiger partial charge is 0.414 e. The van der Waals surface area contributed by atoms with Gasteiger partial charge in [0.05, 0.1) is 18.7 Å². The van der Waals surface area contributed by atoms with Gasteiger partial charge in [-0.2, -0.15) is 0 Å². The summed E-state index contributed by atoms with van der Waals surface area (Å²) in [5.41, 5.74) is 0.489. The zero-order valence-corrected chi connectivity index (χ0v) is 8.87. The number of carboxylic acid groups (broad SMARTS) is 1. The van der Waals surface area contributed by atoms with Crippen LogP contribution in [0.5, 0.6) is 5.75 Å². The van der Waals surface area contributed by atoms with Crippen molar-refractivity contribution in [1.82, 2.24) is 0 Å². The molecule has 17 heavy (non-hydrogen) atoms. The number of anilines is 1. The van der Waals surface area contributed by atoms with E-state index in [2.05, 4.69) is 0 Å². The molecule has 2 N–H and O–H groups in total. The van der Waals surface area contributed by atoms with Gasteiger partial charge < -0.3 is 14.9 Å². The predicted octanol–water partition coefficient (Wildman–Crippen LogP) is 1.19. The van der Waals surface area contributed by atoms with Gasteiger partial charge in [0, 0.05) is 6.07 Å². The van der Waals surface area contributed by atoms with E-state index in [4.69, 9.17) is 9.84 Å². The number of hydrogen-bond acceptors (Lipinski definition) is 4. The van der Waals surface area contributed by atoms with Gasteiger partial charge in [-0.25, -0.2) is 4.79 Å². The molecule has 0 radical (unpaired) electrons. The number of rotatable bonds is 3. The quantitative estimate of drug-likeness (QED) is 0.824. The summed E-state index contributed by atoms with van der Waals surface area (Å²) in [4.78, 5) is 23.3. The van der Waals surface area contributed by atoms with E-state index in [1.165, 1.54) is 17.0 Å². The minimum absolute atomic E-state index is 0.0389. The normalized spacial score (nSPS) is 19.2. The molecular weight excluding hydrogens is 226 g/mol. The lowest BCUT2D eigenvalue weighted by molar-refractivity contribution is -0.138. The zero-order chi connectivity index (χ0) is 12.4. The van der Waals surface area contributed by atoms with E-state index in [9.17, 15) is 14.7 Å². The van der Waals surface area contributed by atoms with E-state index in [1.54, 1.807) is 12.1 Å². The number of carbonyl (C=O) groups excluding carboxylic acids is 1. The van der Waals surface area contributed by atoms with E-state index in [1.807, 2.05) is 0 Å². The maximum absolute atomic E-state index is 11.5. The Morgan fingerprint density at radius 3 is 2.94 bits per heavy atom. The second-order valence-corrected chi connectivity index (χ2v) is 3.73. The molecular formula is C11H11NO5. The van der Waals surface area contributed by atoms with Crippen LogP contribution >= 0.6 is 0 Å². The summed E-state index contributed by atoms with van der Waals surface area (Å²) in [5.74, 6) is -0.974. The number of cyclic esters (lactones) is 1. The first kappa shape index (κ1) is 11.3. The molecule has 0 saturated carbocycles. The first-order valence-corrected chi connectivity index (χ1v) is 5.05. The number of carbonyl (C=O) groups is 2. The molecule has 1 saturated heterocycles. The molecule has 0 spiro atoms. The molecule has 0 aliphatic carbocycles. The highest BCUT2D eigenvalue weighted by Crippen LogP contribution is 2.25. The average Bonchev–Trinajstić information content (AvgIpc) is 2.58. The summed E-state index contributed by atoms with van der Waals surface area (Å²) in [6, 6.07) is 6.15. The van der Waals surface area contributed by atoms with Crippen molar-refractivity contribution in [2.24, 2.45) is 0 Å². The summed E-state index contributed by atoms with van der Waals surface area (Å²) in [6.45, 7) is 0.175. The fourth-order valence-corrected chi connectivity index (χ4v) is 1.69. The Morgan fingerprint density at radius 1 is 1.53 bits per heavy atom. The van der Waals surface area contributed by atoms with Gasteiger partial charge in [-0.1, -0.05) is 6.07 Å². The van der Waals surface area contributed by atoms with Gasteiger partial charge in [-0.3, -0.25) is 9.69 Å². The lowest BCUT2D eigenvalue weighted by Gasteiger charge is -2.12. The fourth-order valence-electron chi connectivity index (χ4n) is 1.69. The van der Waals surface area contributed by atoms with Gasteiger partial charge in [0.15, 0.2) is 0 Å². The zero-order valence-electron chi connectivity index (χ0n) is 8.87. The van der Waals surface area contributed by atoms with Crippen molar-refractivity contribution in [2.45, 2.75) is 12.5 Å². The van der Waals surface area contributed by atoms with Crippen LogP contribution in [0.3, 0.4) is 0 Å². The number of aromatic hydroxyl groups is 1. The summed E-state index contributed by atoms with van der Waals surface area (Å²) in [5, 5.41) is 17.9. The van der Waals surface area contributed by atoms with Crippen LogP contribution in [0.1, 0.15) is 6.42 Å². The van der Waals surface area contributed by atoms with E-state index < -0.39 is 18.2 Å². The maximum atomic E-state index is 11.5. The van der Waals surface area contributed by atoms with E-state index in [0.29, 0.717) is 5.69 Å². The molecule has 1 amide bonds. The average molecular weight is 237 g/mol. The highest BCUT2D eigenvalue weighted by atomic mass is 16.6. The highest BCUT2D eigenvalue weighted by molar-refractivity contribution is 5.90. The number of phenols is 1. The molecule has 1 atom stereocenters. The number of nitrogens with zero attached hydrogens (tertiary/aromatic N) is 1. The first-order chi connectivity index (χ1) is 8.06. The standard InChI is InChI=1S/C11H11NO5/c13-8-3-1-2-7(4-8)12-6-9(5-10(14)15)17-11(12)16/h1-4,9,13H,5-6H2,(H,14,15). The molecule has 90 valence electrons. The molecule has 1 aliphatic rings. The van der Waals surface area contributed by atoms with Crippen molar-refractivity contribution < 1.29 is 24.5 Å². The monoisotopic (exact) mass is 237 g/mol. The SMILES string of the molecule is O=C(O)CC1CN(c2cccc(O)c2)C(=O)O1. The van der Waals surface area contributed by atoms with Gasteiger partial charge in [-0.15, -0.1) is 0 Å². The Morgan fingerprint density at radius 2 is 2.29 bits per heavy atom. The first-order valence-electron chi connectivity index (χ1n) is 5.05. The third-order valence-electron chi connectivity index (χ3n) is 2.42. The molecule has 1 aromatic carbocycles. The predicted molar refractivity (Wildman–Crippen MR) is 58.0 cm³/mol. The minimum Gasteiger partial charge on any atom is -0.508 e. The second-order valence-electron chi connectivity index (χ2n) is 3.73. The number of amides is 1. The van der Waals surface area contributed by atoms with E-state index in [0.717, 1.165) is 0 Å². The van der Waals surface area contributed by atoms with Crippen molar-refractivity contribution in [3.8, 4) is 5.75 Å². The molecule has 0 bridgehead atoms. The van der Waals surface area contributed by atoms with Gasteiger partial charge in [-0.05, 0) is 12.1 Å². The number of phenolic OH excluding ortho intramolecular Hbond substituents is 1. The van der Waals surface area contributed by atoms with Gasteiger partial charge in [0.25, 0.3) is 0 Å². The van der Waals surface area contributed by atoms with Crippen LogP contribution in [-0.2, 0) is 9.53 Å². The van der Waals surface area contributed by atoms with Crippen molar-refractivity contribution in [2.75, 3.05) is 11.4 Å². The Kier molecular flexibility index (Phi) is 2.86. The van der Waals surface area contributed by atoms with Crippen LogP contribution in [0, 0.1) is 0 Å². The lowest BCUT2D eigenvalue weighted by Crippen LogP contribution is -2.25. The molecule has 6 nitrogen and oxygen atoms in total. The molecule has 2 rings (SSSR count). The largest absolute Gasteiger partial charge is 0.508 e. The van der Waals surface area contributed by atoms with Crippen LogP contribution in [0.25, 0.3) is 0 Å². The lowest BCUT2D eigenvalue weighted by atomic mass is 10.2. The third kappa shape index (κ3) is 2.47. The molecule has 1 unspecified atom stereocenters. The number of ether oxygens (including phenoxy) is 1. The Hall–Kier alpha value is -2.24.